The maximum Gasteiger partial charge on any atom is 0.309 e. The first-order valence-corrected chi connectivity index (χ1v) is 7.45. The summed E-state index contributed by atoms with van der Waals surface area (Å²) in [5, 5.41) is 9.52. The van der Waals surface area contributed by atoms with Crippen LogP contribution in [0.15, 0.2) is 0 Å². The lowest BCUT2D eigenvalue weighted by Crippen LogP contribution is -2.30. The highest BCUT2D eigenvalue weighted by Crippen LogP contribution is 2.39. The number of unbranched alkanes of at least 4 members (excludes halogenated alkanes) is 4. The summed E-state index contributed by atoms with van der Waals surface area (Å²) in [7, 11) is 0. The third-order valence-corrected chi connectivity index (χ3v) is 4.27. The molecule has 0 saturated heterocycles. The number of aliphatic carboxylic acids is 1. The van der Waals surface area contributed by atoms with E-state index in [1.54, 1.807) is 0 Å². The molecule has 1 aliphatic rings. The number of carbonyl (C=O) groups is 1. The number of hydrogen-bond acceptors (Lipinski definition) is 1. The van der Waals surface area contributed by atoms with Gasteiger partial charge in [-0.3, -0.25) is 4.79 Å². The molecule has 0 aliphatic heterocycles. The van der Waals surface area contributed by atoms with E-state index in [9.17, 15) is 9.90 Å². The molecule has 1 fully saturated rings. The molecular formula is C15H28O2. The molecule has 0 atom stereocenters. The Bertz CT molecular complexity index is 215. The van der Waals surface area contributed by atoms with Gasteiger partial charge >= 0.3 is 5.97 Å². The van der Waals surface area contributed by atoms with E-state index in [1.807, 2.05) is 0 Å². The van der Waals surface area contributed by atoms with Crippen molar-refractivity contribution in [3.05, 3.63) is 0 Å². The van der Waals surface area contributed by atoms with Gasteiger partial charge in [0, 0.05) is 0 Å². The Hall–Kier alpha value is -0.530. The molecular weight excluding hydrogens is 212 g/mol. The van der Waals surface area contributed by atoms with Crippen LogP contribution in [0.4, 0.5) is 0 Å². The molecule has 0 heterocycles. The first-order valence-electron chi connectivity index (χ1n) is 7.45. The average Bonchev–Trinajstić information content (AvgIpc) is 2.55. The van der Waals surface area contributed by atoms with Crippen LogP contribution in [0.1, 0.15) is 84.0 Å². The molecule has 0 unspecified atom stereocenters. The van der Waals surface area contributed by atoms with Crippen LogP contribution in [0.3, 0.4) is 0 Å². The summed E-state index contributed by atoms with van der Waals surface area (Å²) in [6, 6.07) is 0. The monoisotopic (exact) mass is 240 g/mol. The van der Waals surface area contributed by atoms with E-state index >= 15 is 0 Å². The van der Waals surface area contributed by atoms with Crippen LogP contribution in [0.2, 0.25) is 0 Å². The average molecular weight is 240 g/mol. The molecule has 2 nitrogen and oxygen atoms in total. The van der Waals surface area contributed by atoms with Gasteiger partial charge in [-0.1, -0.05) is 64.7 Å². The van der Waals surface area contributed by atoms with Crippen LogP contribution in [-0.2, 0) is 4.79 Å². The van der Waals surface area contributed by atoms with Gasteiger partial charge in [0.2, 0.25) is 0 Å². The van der Waals surface area contributed by atoms with Crippen LogP contribution >= 0.6 is 0 Å². The fourth-order valence-electron chi connectivity index (χ4n) is 3.04. The van der Waals surface area contributed by atoms with Crippen LogP contribution < -0.4 is 0 Å². The van der Waals surface area contributed by atoms with Gasteiger partial charge in [-0.15, -0.1) is 0 Å². The highest BCUT2D eigenvalue weighted by atomic mass is 16.4. The smallest absolute Gasteiger partial charge is 0.309 e. The van der Waals surface area contributed by atoms with Crippen molar-refractivity contribution in [1.29, 1.82) is 0 Å². The highest BCUT2D eigenvalue weighted by Gasteiger charge is 2.37. The Balaban J connectivity index is 2.38. The van der Waals surface area contributed by atoms with E-state index in [-0.39, 0.29) is 5.41 Å². The molecule has 0 aromatic rings. The molecule has 1 N–H and O–H groups in total. The standard InChI is InChI=1S/C15H28O2/c1-2-3-4-5-8-11-15(14(16)17)12-9-6-7-10-13-15/h2-13H2,1H3,(H,16,17). The van der Waals surface area contributed by atoms with Crippen LogP contribution in [0.25, 0.3) is 0 Å². The summed E-state index contributed by atoms with van der Waals surface area (Å²) >= 11 is 0. The van der Waals surface area contributed by atoms with Crippen molar-refractivity contribution in [2.75, 3.05) is 0 Å². The largest absolute Gasteiger partial charge is 0.481 e. The van der Waals surface area contributed by atoms with Gasteiger partial charge in [-0.2, -0.15) is 0 Å². The van der Waals surface area contributed by atoms with E-state index in [4.69, 9.17) is 0 Å². The van der Waals surface area contributed by atoms with Crippen molar-refractivity contribution in [2.24, 2.45) is 5.41 Å². The predicted octanol–water partition coefficient (Wildman–Crippen LogP) is 4.77. The number of carboxylic acids is 1. The quantitative estimate of drug-likeness (QED) is 0.514. The van der Waals surface area contributed by atoms with Crippen molar-refractivity contribution in [2.45, 2.75) is 84.0 Å². The molecule has 0 bridgehead atoms. The molecule has 0 radical (unpaired) electrons. The lowest BCUT2D eigenvalue weighted by atomic mass is 9.76. The first kappa shape index (κ1) is 14.5. The summed E-state index contributed by atoms with van der Waals surface area (Å²) in [6.07, 6.45) is 13.5. The van der Waals surface area contributed by atoms with Crippen LogP contribution in [0.5, 0.6) is 0 Å². The SMILES string of the molecule is CCCCCCCC1(C(=O)O)CCCCCC1. The second-order valence-electron chi connectivity index (χ2n) is 5.66. The van der Waals surface area contributed by atoms with E-state index in [0.717, 1.165) is 38.5 Å². The Labute approximate surface area is 106 Å². The van der Waals surface area contributed by atoms with Gasteiger partial charge in [0.15, 0.2) is 0 Å². The van der Waals surface area contributed by atoms with Gasteiger partial charge in [0.05, 0.1) is 5.41 Å². The zero-order valence-electron chi connectivity index (χ0n) is 11.3. The predicted molar refractivity (Wildman–Crippen MR) is 71.1 cm³/mol. The number of rotatable bonds is 7. The lowest BCUT2D eigenvalue weighted by Gasteiger charge is -2.28. The van der Waals surface area contributed by atoms with Gasteiger partial charge in [-0.25, -0.2) is 0 Å². The minimum absolute atomic E-state index is 0.372. The lowest BCUT2D eigenvalue weighted by molar-refractivity contribution is -0.150. The molecule has 0 spiro atoms. The zero-order valence-corrected chi connectivity index (χ0v) is 11.3. The molecule has 17 heavy (non-hydrogen) atoms. The summed E-state index contributed by atoms with van der Waals surface area (Å²) in [6.45, 7) is 2.21. The van der Waals surface area contributed by atoms with Gasteiger partial charge < -0.3 is 5.11 Å². The van der Waals surface area contributed by atoms with Crippen molar-refractivity contribution in [3.8, 4) is 0 Å². The topological polar surface area (TPSA) is 37.3 Å². The van der Waals surface area contributed by atoms with Crippen molar-refractivity contribution in [1.82, 2.24) is 0 Å². The van der Waals surface area contributed by atoms with Gasteiger partial charge in [0.25, 0.3) is 0 Å². The van der Waals surface area contributed by atoms with Crippen LogP contribution in [0, 0.1) is 5.41 Å². The molecule has 100 valence electrons. The Kier molecular flexibility index (Phi) is 6.61. The second-order valence-corrected chi connectivity index (χ2v) is 5.66. The number of hydrogen-bond donors (Lipinski definition) is 1. The first-order chi connectivity index (χ1) is 8.21. The van der Waals surface area contributed by atoms with Gasteiger partial charge in [-0.05, 0) is 19.3 Å². The van der Waals surface area contributed by atoms with Crippen LogP contribution in [-0.4, -0.2) is 11.1 Å². The minimum atomic E-state index is -0.533. The molecule has 0 aromatic heterocycles. The zero-order chi connectivity index (χ0) is 12.6. The third-order valence-electron chi connectivity index (χ3n) is 4.27. The third kappa shape index (κ3) is 4.69. The number of carboxylic acid groups (broad SMARTS) is 1. The summed E-state index contributed by atoms with van der Waals surface area (Å²) < 4.78 is 0. The maximum absolute atomic E-state index is 11.5. The molecule has 0 aromatic carbocycles. The minimum Gasteiger partial charge on any atom is -0.481 e. The van der Waals surface area contributed by atoms with Crippen molar-refractivity contribution in [3.63, 3.8) is 0 Å². The summed E-state index contributed by atoms with van der Waals surface area (Å²) in [4.78, 5) is 11.5. The molecule has 1 saturated carbocycles. The Morgan fingerprint density at radius 1 is 1.00 bits per heavy atom. The van der Waals surface area contributed by atoms with E-state index in [2.05, 4.69) is 6.92 Å². The van der Waals surface area contributed by atoms with Crippen molar-refractivity contribution < 1.29 is 9.90 Å². The maximum atomic E-state index is 11.5. The Morgan fingerprint density at radius 3 is 2.12 bits per heavy atom. The normalized spacial score (nSPS) is 19.8. The van der Waals surface area contributed by atoms with E-state index < -0.39 is 5.97 Å². The van der Waals surface area contributed by atoms with Gasteiger partial charge in [0.1, 0.15) is 0 Å². The Morgan fingerprint density at radius 2 is 1.59 bits per heavy atom. The molecule has 2 heteroatoms. The fraction of sp³-hybridized carbons (Fsp3) is 0.933. The van der Waals surface area contributed by atoms with E-state index in [0.29, 0.717) is 0 Å². The highest BCUT2D eigenvalue weighted by molar-refractivity contribution is 5.74. The van der Waals surface area contributed by atoms with E-state index in [1.165, 1.54) is 38.5 Å². The fourth-order valence-corrected chi connectivity index (χ4v) is 3.04. The van der Waals surface area contributed by atoms with Crippen molar-refractivity contribution >= 4 is 5.97 Å². The molecule has 1 rings (SSSR count). The summed E-state index contributed by atoms with van der Waals surface area (Å²) in [5.41, 5.74) is -0.372. The second kappa shape index (κ2) is 7.73. The summed E-state index contributed by atoms with van der Waals surface area (Å²) in [5.74, 6) is -0.533. The molecule has 1 aliphatic carbocycles. The molecule has 0 amide bonds.